The number of ether oxygens (including phenoxy) is 3. The molecule has 3 heterocycles. The SMILES string of the molecule is COc1ccc([Si](C)(C)[C@@H]2[C@@H](CCO)O[C@]3(C(=O)Nc4ccc(-n5cccc(OC)c5=O)cc43)[C@H]2C)cc1. The van der Waals surface area contributed by atoms with Gasteiger partial charge in [-0.05, 0) is 54.4 Å². The first-order valence-corrected chi connectivity index (χ1v) is 15.9. The van der Waals surface area contributed by atoms with Gasteiger partial charge in [-0.2, -0.15) is 0 Å². The molecule has 8 nitrogen and oxygen atoms in total. The molecule has 1 saturated heterocycles. The topological polar surface area (TPSA) is 99.0 Å². The van der Waals surface area contributed by atoms with Gasteiger partial charge >= 0.3 is 0 Å². The summed E-state index contributed by atoms with van der Waals surface area (Å²) in [4.78, 5) is 26.7. The molecular weight excluding hydrogens is 500 g/mol. The number of hydrogen-bond acceptors (Lipinski definition) is 6. The molecule has 200 valence electrons. The summed E-state index contributed by atoms with van der Waals surface area (Å²) in [5.41, 5.74) is 0.539. The second kappa shape index (κ2) is 9.72. The smallest absolute Gasteiger partial charge is 0.297 e. The minimum absolute atomic E-state index is 0.0369. The normalized spacial score (nSPS) is 24.4. The van der Waals surface area contributed by atoms with Crippen LogP contribution in [0.1, 0.15) is 18.9 Å². The molecule has 0 saturated carbocycles. The Morgan fingerprint density at radius 1 is 1.08 bits per heavy atom. The van der Waals surface area contributed by atoms with E-state index in [0.717, 1.165) is 5.75 Å². The highest BCUT2D eigenvalue weighted by Gasteiger charge is 2.64. The standard InChI is InChI=1S/C29H34N2O6Si/c1-18-26(38(4,5)21-11-9-20(35-2)10-12-21)24(14-16-32)37-29(18)22-17-19(8-13-23(22)30-28(29)34)31-15-6-7-25(36-3)27(31)33/h6-13,15,17-18,24,26,32H,14,16H2,1-5H3,(H,30,34)/t18-,24+,26-,29+/m0/s1. The van der Waals surface area contributed by atoms with Crippen LogP contribution in [0.5, 0.6) is 11.5 Å². The fraction of sp³-hybridized carbons (Fsp3) is 0.379. The molecule has 1 aromatic heterocycles. The van der Waals surface area contributed by atoms with Gasteiger partial charge in [-0.3, -0.25) is 14.2 Å². The summed E-state index contributed by atoms with van der Waals surface area (Å²) in [6.07, 6.45) is 1.80. The minimum Gasteiger partial charge on any atom is -0.497 e. The number of hydrogen-bond donors (Lipinski definition) is 2. The van der Waals surface area contributed by atoms with Crippen LogP contribution in [0.4, 0.5) is 5.69 Å². The van der Waals surface area contributed by atoms with E-state index in [-0.39, 0.29) is 41.4 Å². The molecule has 1 spiro atoms. The Balaban J connectivity index is 1.62. The number of aromatic nitrogens is 1. The van der Waals surface area contributed by atoms with E-state index >= 15 is 0 Å². The predicted octanol–water partition coefficient (Wildman–Crippen LogP) is 3.41. The zero-order valence-corrected chi connectivity index (χ0v) is 23.4. The molecule has 0 aliphatic carbocycles. The van der Waals surface area contributed by atoms with Crippen molar-refractivity contribution in [1.82, 2.24) is 4.57 Å². The van der Waals surface area contributed by atoms with E-state index in [1.165, 1.54) is 16.9 Å². The number of nitrogens with zero attached hydrogens (tertiary/aromatic N) is 1. The van der Waals surface area contributed by atoms with Crippen molar-refractivity contribution in [3.8, 4) is 17.2 Å². The van der Waals surface area contributed by atoms with Crippen LogP contribution in [0.15, 0.2) is 65.6 Å². The summed E-state index contributed by atoms with van der Waals surface area (Å²) in [7, 11) is 0.880. The molecule has 1 amide bonds. The van der Waals surface area contributed by atoms with Crippen LogP contribution in [-0.2, 0) is 15.1 Å². The molecule has 2 aromatic carbocycles. The van der Waals surface area contributed by atoms with Gasteiger partial charge in [0.05, 0.1) is 28.4 Å². The van der Waals surface area contributed by atoms with Crippen LogP contribution in [0, 0.1) is 5.92 Å². The number of benzene rings is 2. The summed E-state index contributed by atoms with van der Waals surface area (Å²) < 4.78 is 18.9. The van der Waals surface area contributed by atoms with Crippen molar-refractivity contribution < 1.29 is 24.1 Å². The van der Waals surface area contributed by atoms with Crippen LogP contribution in [-0.4, -0.2) is 50.6 Å². The summed E-state index contributed by atoms with van der Waals surface area (Å²) in [6.45, 7) is 6.63. The lowest BCUT2D eigenvalue weighted by atomic mass is 9.82. The van der Waals surface area contributed by atoms with E-state index in [0.29, 0.717) is 23.4 Å². The van der Waals surface area contributed by atoms with Crippen molar-refractivity contribution in [2.24, 2.45) is 5.92 Å². The zero-order chi connectivity index (χ0) is 27.2. The quantitative estimate of drug-likeness (QED) is 0.451. The molecule has 2 N–H and O–H groups in total. The summed E-state index contributed by atoms with van der Waals surface area (Å²) in [5.74, 6) is 0.640. The van der Waals surface area contributed by atoms with E-state index in [9.17, 15) is 14.7 Å². The Morgan fingerprint density at radius 2 is 1.82 bits per heavy atom. The van der Waals surface area contributed by atoms with E-state index in [2.05, 4.69) is 37.5 Å². The van der Waals surface area contributed by atoms with Crippen LogP contribution < -0.4 is 25.5 Å². The van der Waals surface area contributed by atoms with Crippen molar-refractivity contribution in [3.63, 3.8) is 0 Å². The number of aliphatic hydroxyl groups excluding tert-OH is 1. The maximum absolute atomic E-state index is 13.7. The molecule has 0 unspecified atom stereocenters. The second-order valence-corrected chi connectivity index (χ2v) is 15.3. The molecule has 4 atom stereocenters. The highest BCUT2D eigenvalue weighted by molar-refractivity contribution is 6.91. The highest BCUT2D eigenvalue weighted by Crippen LogP contribution is 2.58. The average molecular weight is 535 g/mol. The number of anilines is 1. The van der Waals surface area contributed by atoms with Gasteiger partial charge in [0, 0.05) is 35.7 Å². The van der Waals surface area contributed by atoms with E-state index in [1.54, 1.807) is 31.5 Å². The van der Waals surface area contributed by atoms with Gasteiger partial charge in [-0.15, -0.1) is 0 Å². The molecule has 0 bridgehead atoms. The summed E-state index contributed by atoms with van der Waals surface area (Å²) >= 11 is 0. The lowest BCUT2D eigenvalue weighted by Gasteiger charge is -2.37. The minimum atomic E-state index is -2.23. The fourth-order valence-corrected chi connectivity index (χ4v) is 10.6. The fourth-order valence-electron chi connectivity index (χ4n) is 6.50. The van der Waals surface area contributed by atoms with E-state index < -0.39 is 13.7 Å². The van der Waals surface area contributed by atoms with E-state index in [4.69, 9.17) is 14.2 Å². The Labute approximate surface area is 223 Å². The maximum Gasteiger partial charge on any atom is 0.297 e. The molecule has 3 aromatic rings. The first-order valence-electron chi connectivity index (χ1n) is 12.8. The molecular formula is C29H34N2O6Si. The number of aliphatic hydroxyl groups is 1. The number of amides is 1. The highest BCUT2D eigenvalue weighted by atomic mass is 28.3. The number of rotatable bonds is 7. The Kier molecular flexibility index (Phi) is 6.71. The first-order chi connectivity index (χ1) is 18.2. The van der Waals surface area contributed by atoms with Crippen molar-refractivity contribution >= 4 is 24.9 Å². The van der Waals surface area contributed by atoms with Gasteiger partial charge in [0.2, 0.25) is 0 Å². The summed E-state index contributed by atoms with van der Waals surface area (Å²) in [5, 5.41) is 14.2. The van der Waals surface area contributed by atoms with Crippen molar-refractivity contribution in [2.45, 2.75) is 43.7 Å². The Bertz CT molecular complexity index is 1420. The number of fused-ring (bicyclic) bond motifs is 2. The molecule has 38 heavy (non-hydrogen) atoms. The Morgan fingerprint density at radius 3 is 2.47 bits per heavy atom. The number of methoxy groups -OCH3 is 2. The Hall–Kier alpha value is -3.40. The average Bonchev–Trinajstić information content (AvgIpc) is 3.37. The first kappa shape index (κ1) is 26.2. The van der Waals surface area contributed by atoms with Crippen LogP contribution >= 0.6 is 0 Å². The molecule has 9 heteroatoms. The molecule has 0 radical (unpaired) electrons. The molecule has 1 fully saturated rings. The number of pyridine rings is 1. The molecule has 2 aliphatic rings. The lowest BCUT2D eigenvalue weighted by molar-refractivity contribution is -0.143. The number of nitrogens with one attached hydrogen (secondary N) is 1. The third kappa shape index (κ3) is 3.88. The molecule has 2 aliphatic heterocycles. The van der Waals surface area contributed by atoms with E-state index in [1.807, 2.05) is 24.3 Å². The van der Waals surface area contributed by atoms with Gasteiger partial charge in [0.25, 0.3) is 11.5 Å². The van der Waals surface area contributed by atoms with Gasteiger partial charge in [0.1, 0.15) is 5.75 Å². The third-order valence-electron chi connectivity index (χ3n) is 8.40. The number of carbonyl (C=O) groups is 1. The van der Waals surface area contributed by atoms with Crippen molar-refractivity contribution in [3.05, 3.63) is 76.7 Å². The number of carbonyl (C=O) groups excluding carboxylic acids is 1. The molecule has 5 rings (SSSR count). The van der Waals surface area contributed by atoms with Gasteiger partial charge in [-0.1, -0.05) is 37.3 Å². The van der Waals surface area contributed by atoms with Gasteiger partial charge in [0.15, 0.2) is 11.4 Å². The second-order valence-electron chi connectivity index (χ2n) is 10.6. The van der Waals surface area contributed by atoms with Crippen molar-refractivity contribution in [1.29, 1.82) is 0 Å². The van der Waals surface area contributed by atoms with Crippen LogP contribution in [0.3, 0.4) is 0 Å². The summed E-state index contributed by atoms with van der Waals surface area (Å²) in [6, 6.07) is 17.0. The monoisotopic (exact) mass is 534 g/mol. The van der Waals surface area contributed by atoms with Gasteiger partial charge < -0.3 is 24.6 Å². The largest absolute Gasteiger partial charge is 0.497 e. The third-order valence-corrected chi connectivity index (χ3v) is 12.8. The maximum atomic E-state index is 13.7. The van der Waals surface area contributed by atoms with Gasteiger partial charge in [-0.25, -0.2) is 0 Å². The van der Waals surface area contributed by atoms with Crippen LogP contribution in [0.25, 0.3) is 5.69 Å². The van der Waals surface area contributed by atoms with Crippen LogP contribution in [0.2, 0.25) is 18.6 Å². The lowest BCUT2D eigenvalue weighted by Crippen LogP contribution is -2.51. The van der Waals surface area contributed by atoms with Crippen molar-refractivity contribution in [2.75, 3.05) is 26.1 Å². The predicted molar refractivity (Wildman–Crippen MR) is 148 cm³/mol. The zero-order valence-electron chi connectivity index (χ0n) is 22.4.